The molecule has 5 rings (SSSR count). The first-order chi connectivity index (χ1) is 16.8. The number of aromatic nitrogens is 6. The molecule has 0 aromatic carbocycles. The first-order valence-electron chi connectivity index (χ1n) is 11.2. The van der Waals surface area contributed by atoms with Crippen LogP contribution in [0, 0.1) is 0 Å². The van der Waals surface area contributed by atoms with Gasteiger partial charge < -0.3 is 9.88 Å². The van der Waals surface area contributed by atoms with Crippen LogP contribution in [-0.2, 0) is 19.1 Å². The van der Waals surface area contributed by atoms with E-state index in [4.69, 9.17) is 0 Å². The van der Waals surface area contributed by atoms with E-state index in [0.717, 1.165) is 60.6 Å². The molecule has 1 fully saturated rings. The van der Waals surface area contributed by atoms with Crippen molar-refractivity contribution in [2.24, 2.45) is 0 Å². The second-order valence-electron chi connectivity index (χ2n) is 8.42. The highest BCUT2D eigenvalue weighted by molar-refractivity contribution is 5.74. The quantitative estimate of drug-likeness (QED) is 0.449. The topological polar surface area (TPSA) is 107 Å². The van der Waals surface area contributed by atoms with Crippen molar-refractivity contribution in [3.05, 3.63) is 64.0 Å². The largest absolute Gasteiger partial charge is 0.451 e. The van der Waals surface area contributed by atoms with Crippen LogP contribution in [0.1, 0.15) is 23.9 Å². The summed E-state index contributed by atoms with van der Waals surface area (Å²) in [5.74, 6) is -1.24. The minimum Gasteiger partial charge on any atom is -0.368 e. The predicted octanol–water partition coefficient (Wildman–Crippen LogP) is 3.01. The molecule has 0 radical (unpaired) electrons. The Balaban J connectivity index is 1.20. The third kappa shape index (κ3) is 4.87. The molecule has 0 saturated carbocycles. The number of aromatic amines is 2. The smallest absolute Gasteiger partial charge is 0.368 e. The van der Waals surface area contributed by atoms with Crippen molar-refractivity contribution in [3.8, 4) is 11.5 Å². The second-order valence-corrected chi connectivity index (χ2v) is 8.42. The number of alkyl halides is 3. The summed E-state index contributed by atoms with van der Waals surface area (Å²) in [4.78, 5) is 31.8. The Morgan fingerprint density at radius 2 is 1.86 bits per heavy atom. The van der Waals surface area contributed by atoms with Gasteiger partial charge in [0.2, 0.25) is 5.82 Å². The van der Waals surface area contributed by atoms with Gasteiger partial charge in [0.1, 0.15) is 5.69 Å². The Morgan fingerprint density at radius 3 is 2.51 bits per heavy atom. The van der Waals surface area contributed by atoms with Gasteiger partial charge in [0.05, 0.1) is 22.9 Å². The lowest BCUT2D eigenvalue weighted by molar-refractivity contribution is -0.144. The molecule has 0 unspecified atom stereocenters. The first-order valence-corrected chi connectivity index (χ1v) is 11.2. The molecule has 5 heterocycles. The monoisotopic (exact) mass is 484 g/mol. The summed E-state index contributed by atoms with van der Waals surface area (Å²) >= 11 is 0. The molecular weight excluding hydrogens is 461 g/mol. The number of aryl methyl sites for hydroxylation is 1. The van der Waals surface area contributed by atoms with Crippen molar-refractivity contribution in [1.82, 2.24) is 35.0 Å². The Morgan fingerprint density at radius 1 is 1.06 bits per heavy atom. The zero-order chi connectivity index (χ0) is 24.6. The van der Waals surface area contributed by atoms with Crippen LogP contribution in [0.15, 0.2) is 41.5 Å². The molecular formula is C23H23F3N8O. The highest BCUT2D eigenvalue weighted by Crippen LogP contribution is 2.27. The molecule has 1 saturated heterocycles. The van der Waals surface area contributed by atoms with Crippen molar-refractivity contribution in [2.75, 3.05) is 31.1 Å². The van der Waals surface area contributed by atoms with E-state index < -0.39 is 12.0 Å². The summed E-state index contributed by atoms with van der Waals surface area (Å²) < 4.78 is 38.2. The maximum Gasteiger partial charge on any atom is 0.451 e. The van der Waals surface area contributed by atoms with Gasteiger partial charge in [-0.15, -0.1) is 0 Å². The molecule has 0 aliphatic carbocycles. The number of rotatable bonds is 5. The molecule has 9 nitrogen and oxygen atoms in total. The maximum atomic E-state index is 12.7. The Bertz CT molecular complexity index is 1390. The molecule has 0 atom stereocenters. The standard InChI is InChI=1S/C23H23F3N8O/c1-2-15-10-18-19(29-21(15)35)9-14(11-27-18)13-33-5-7-34(8-6-33)16-3-4-17(28-12-16)20-30-22(32-31-20)23(24,25)26/h3-4,9-12H,2,5-8,13H2,1H3,(H,29,35)(H,30,31,32). The van der Waals surface area contributed by atoms with Crippen LogP contribution in [-0.4, -0.2) is 61.2 Å². The molecule has 12 heteroatoms. The average molecular weight is 484 g/mol. The molecule has 4 aromatic rings. The zero-order valence-corrected chi connectivity index (χ0v) is 18.9. The maximum absolute atomic E-state index is 12.7. The number of fused-ring (bicyclic) bond motifs is 1. The fraction of sp³-hybridized carbons (Fsp3) is 0.348. The first kappa shape index (κ1) is 23.0. The van der Waals surface area contributed by atoms with E-state index in [9.17, 15) is 18.0 Å². The van der Waals surface area contributed by atoms with Gasteiger partial charge in [-0.05, 0) is 36.2 Å². The number of nitrogens with zero attached hydrogens (tertiary/aromatic N) is 6. The lowest BCUT2D eigenvalue weighted by atomic mass is 10.1. The van der Waals surface area contributed by atoms with E-state index >= 15 is 0 Å². The number of hydrogen-bond donors (Lipinski definition) is 2. The van der Waals surface area contributed by atoms with Crippen LogP contribution in [0.3, 0.4) is 0 Å². The van der Waals surface area contributed by atoms with Crippen LogP contribution in [0.2, 0.25) is 0 Å². The van der Waals surface area contributed by atoms with Gasteiger partial charge in [-0.2, -0.15) is 18.3 Å². The number of hydrogen-bond acceptors (Lipinski definition) is 7. The van der Waals surface area contributed by atoms with Crippen molar-refractivity contribution in [2.45, 2.75) is 26.1 Å². The van der Waals surface area contributed by atoms with Crippen LogP contribution >= 0.6 is 0 Å². The molecule has 1 aliphatic rings. The van der Waals surface area contributed by atoms with Crippen LogP contribution in [0.25, 0.3) is 22.6 Å². The average Bonchev–Trinajstić information content (AvgIpc) is 3.35. The van der Waals surface area contributed by atoms with Crippen LogP contribution < -0.4 is 10.5 Å². The molecule has 0 bridgehead atoms. The van der Waals surface area contributed by atoms with Crippen LogP contribution in [0.5, 0.6) is 0 Å². The molecule has 0 spiro atoms. The van der Waals surface area contributed by atoms with E-state index in [0.29, 0.717) is 6.42 Å². The Kier molecular flexibility index (Phi) is 5.97. The highest BCUT2D eigenvalue weighted by atomic mass is 19.4. The minimum absolute atomic E-state index is 0.0731. The summed E-state index contributed by atoms with van der Waals surface area (Å²) in [6, 6.07) is 7.26. The van der Waals surface area contributed by atoms with Crippen molar-refractivity contribution in [3.63, 3.8) is 0 Å². The van der Waals surface area contributed by atoms with Gasteiger partial charge in [0.15, 0.2) is 5.82 Å². The highest BCUT2D eigenvalue weighted by Gasteiger charge is 2.35. The van der Waals surface area contributed by atoms with Gasteiger partial charge in [-0.25, -0.2) is 4.98 Å². The van der Waals surface area contributed by atoms with Crippen molar-refractivity contribution < 1.29 is 13.2 Å². The lowest BCUT2D eigenvalue weighted by Gasteiger charge is -2.36. The zero-order valence-electron chi connectivity index (χ0n) is 18.9. The van der Waals surface area contributed by atoms with Crippen molar-refractivity contribution >= 4 is 16.7 Å². The van der Waals surface area contributed by atoms with Crippen molar-refractivity contribution in [1.29, 1.82) is 0 Å². The van der Waals surface area contributed by atoms with Gasteiger partial charge >= 0.3 is 6.18 Å². The SMILES string of the molecule is CCc1cc2ncc(CN3CCN(c4ccc(-c5n[nH]c(C(F)(F)F)n5)nc4)CC3)cc2[nH]c1=O. The van der Waals surface area contributed by atoms with Gasteiger partial charge in [0, 0.05) is 44.5 Å². The predicted molar refractivity (Wildman–Crippen MR) is 124 cm³/mol. The van der Waals surface area contributed by atoms with Gasteiger partial charge in [-0.1, -0.05) is 6.92 Å². The number of H-pyrrole nitrogens is 2. The minimum atomic E-state index is -4.58. The summed E-state index contributed by atoms with van der Waals surface area (Å²) in [6.07, 6.45) is -0.440. The molecule has 1 aliphatic heterocycles. The Hall–Kier alpha value is -3.80. The van der Waals surface area contributed by atoms with Crippen LogP contribution in [0.4, 0.5) is 18.9 Å². The van der Waals surface area contributed by atoms with E-state index in [1.807, 2.05) is 36.4 Å². The van der Waals surface area contributed by atoms with Gasteiger partial charge in [-0.3, -0.25) is 24.8 Å². The molecule has 182 valence electrons. The summed E-state index contributed by atoms with van der Waals surface area (Å²) in [5, 5.41) is 5.51. The van der Waals surface area contributed by atoms with E-state index in [1.54, 1.807) is 12.3 Å². The molecule has 2 N–H and O–H groups in total. The van der Waals surface area contributed by atoms with E-state index in [1.165, 1.54) is 0 Å². The number of piperazine rings is 1. The molecule has 35 heavy (non-hydrogen) atoms. The normalized spacial score (nSPS) is 15.1. The Labute approximate surface area is 198 Å². The fourth-order valence-corrected chi connectivity index (χ4v) is 4.15. The van der Waals surface area contributed by atoms with E-state index in [-0.39, 0.29) is 17.1 Å². The molecule has 0 amide bonds. The molecule has 4 aromatic heterocycles. The second kappa shape index (κ2) is 9.10. The lowest BCUT2D eigenvalue weighted by Crippen LogP contribution is -2.46. The number of anilines is 1. The van der Waals surface area contributed by atoms with E-state index in [2.05, 4.69) is 34.8 Å². The summed E-state index contributed by atoms with van der Waals surface area (Å²) in [5.41, 5.74) is 4.36. The fourth-order valence-electron chi connectivity index (χ4n) is 4.15. The third-order valence-electron chi connectivity index (χ3n) is 6.08. The summed E-state index contributed by atoms with van der Waals surface area (Å²) in [7, 11) is 0. The number of halogens is 3. The van der Waals surface area contributed by atoms with Gasteiger partial charge in [0.25, 0.3) is 5.56 Å². The number of nitrogens with one attached hydrogen (secondary N) is 2. The summed E-state index contributed by atoms with van der Waals surface area (Å²) in [6.45, 7) is 5.85. The number of pyridine rings is 3. The third-order valence-corrected chi connectivity index (χ3v) is 6.08.